The molecule has 1 nitrogen and oxygen atoms in total. The predicted octanol–water partition coefficient (Wildman–Crippen LogP) is 6.94. The molecule has 5 unspecified atom stereocenters. The van der Waals surface area contributed by atoms with Gasteiger partial charge in [-0.05, 0) is 68.5 Å². The molecule has 2 bridgehead atoms. The van der Waals surface area contributed by atoms with Gasteiger partial charge in [-0.25, -0.2) is 0 Å². The van der Waals surface area contributed by atoms with Crippen LogP contribution < -0.4 is 0 Å². The number of hydrogen-bond acceptors (Lipinski definition) is 1. The van der Waals surface area contributed by atoms with Crippen molar-refractivity contribution in [3.63, 3.8) is 0 Å². The van der Waals surface area contributed by atoms with Gasteiger partial charge in [-0.2, -0.15) is 0 Å². The van der Waals surface area contributed by atoms with Crippen molar-refractivity contribution in [3.05, 3.63) is 77.4 Å². The number of allylic oxidation sites excluding steroid dienone is 1. The van der Waals surface area contributed by atoms with Crippen LogP contribution in [0.25, 0.3) is 5.70 Å². The van der Waals surface area contributed by atoms with Crippen molar-refractivity contribution in [2.24, 2.45) is 17.3 Å². The van der Waals surface area contributed by atoms with Gasteiger partial charge in [0.1, 0.15) is 0 Å². The van der Waals surface area contributed by atoms with E-state index in [0.29, 0.717) is 11.5 Å². The number of nitrogens with zero attached hydrogens (tertiary/aromatic N) is 1. The maximum Gasteiger partial charge on any atom is 0.0550 e. The molecule has 0 aromatic heterocycles. The zero-order valence-corrected chi connectivity index (χ0v) is 17.8. The van der Waals surface area contributed by atoms with E-state index in [1.165, 1.54) is 24.0 Å². The Morgan fingerprint density at radius 2 is 1.59 bits per heavy atom. The molecule has 2 aromatic rings. The lowest BCUT2D eigenvalue weighted by Gasteiger charge is -2.59. The van der Waals surface area contributed by atoms with Crippen molar-refractivity contribution in [3.8, 4) is 0 Å². The van der Waals surface area contributed by atoms with Crippen molar-refractivity contribution in [2.75, 3.05) is 6.66 Å². The summed E-state index contributed by atoms with van der Waals surface area (Å²) in [6, 6.07) is 22.7. The smallest absolute Gasteiger partial charge is 0.0550 e. The molecular formula is C25H30NP. The molecule has 4 aliphatic rings. The molecule has 0 amide bonds. The van der Waals surface area contributed by atoms with E-state index in [0.717, 1.165) is 17.5 Å². The second kappa shape index (κ2) is 6.21. The van der Waals surface area contributed by atoms with E-state index < -0.39 is 0 Å². The van der Waals surface area contributed by atoms with Crippen LogP contribution in [0.15, 0.2) is 66.2 Å². The summed E-state index contributed by atoms with van der Waals surface area (Å²) < 4.78 is 2.82. The van der Waals surface area contributed by atoms with Crippen LogP contribution in [0.1, 0.15) is 50.8 Å². The van der Waals surface area contributed by atoms with Crippen molar-refractivity contribution >= 4 is 13.8 Å². The van der Waals surface area contributed by atoms with Gasteiger partial charge in [0.15, 0.2) is 0 Å². The average Bonchev–Trinajstić information content (AvgIpc) is 3.01. The quantitative estimate of drug-likeness (QED) is 0.525. The molecule has 140 valence electrons. The highest BCUT2D eigenvalue weighted by atomic mass is 31.1. The molecule has 3 aliphatic carbocycles. The molecule has 1 heterocycles. The standard InChI is InChI=1S/C25H30NP/c1-17(18-11-7-5-8-12-18)26-24(19-13-9-6-10-14-19)23-21-15-20(25(21,2)3)16-22(23)27(26)4/h5-14,17,20-22H,15-16H2,1-4H3. The van der Waals surface area contributed by atoms with Gasteiger partial charge < -0.3 is 4.67 Å². The van der Waals surface area contributed by atoms with Crippen molar-refractivity contribution < 1.29 is 0 Å². The molecule has 0 N–H and O–H groups in total. The van der Waals surface area contributed by atoms with Gasteiger partial charge in [0.05, 0.1) is 6.04 Å². The monoisotopic (exact) mass is 375 g/mol. The van der Waals surface area contributed by atoms with Crippen LogP contribution in [0, 0.1) is 17.3 Å². The summed E-state index contributed by atoms with van der Waals surface area (Å²) in [6.45, 7) is 9.97. The number of hydrogen-bond donors (Lipinski definition) is 0. The Balaban J connectivity index is 1.66. The molecular weight excluding hydrogens is 345 g/mol. The van der Waals surface area contributed by atoms with Gasteiger partial charge in [-0.15, -0.1) is 0 Å². The topological polar surface area (TPSA) is 3.24 Å². The van der Waals surface area contributed by atoms with Crippen LogP contribution in [-0.2, 0) is 0 Å². The summed E-state index contributed by atoms with van der Waals surface area (Å²) in [5.74, 6) is 1.69. The fourth-order valence-electron chi connectivity index (χ4n) is 5.92. The second-order valence-corrected chi connectivity index (χ2v) is 11.4. The highest BCUT2D eigenvalue weighted by Gasteiger charge is 2.60. The van der Waals surface area contributed by atoms with Gasteiger partial charge in [-0.3, -0.25) is 0 Å². The van der Waals surface area contributed by atoms with E-state index in [-0.39, 0.29) is 8.07 Å². The van der Waals surface area contributed by atoms with Crippen molar-refractivity contribution in [2.45, 2.75) is 45.3 Å². The molecule has 3 fully saturated rings. The normalized spacial score (nSPS) is 32.1. The van der Waals surface area contributed by atoms with Gasteiger partial charge in [0, 0.05) is 11.4 Å². The largest absolute Gasteiger partial charge is 0.343 e. The molecule has 1 aliphatic heterocycles. The Bertz CT molecular complexity index is 870. The second-order valence-electron chi connectivity index (χ2n) is 9.23. The minimum absolute atomic E-state index is 0.190. The molecule has 0 spiro atoms. The first-order valence-corrected chi connectivity index (χ1v) is 12.2. The SMILES string of the molecule is CC(c1ccccc1)N1C(c2ccccc2)=C2C(CC3CC2C3(C)C)P1C. The Kier molecular flexibility index (Phi) is 4.03. The predicted molar refractivity (Wildman–Crippen MR) is 117 cm³/mol. The zero-order chi connectivity index (χ0) is 18.8. The summed E-state index contributed by atoms with van der Waals surface area (Å²) in [4.78, 5) is 0. The molecule has 2 aromatic carbocycles. The Labute approximate surface area is 165 Å². The number of benzene rings is 2. The first-order valence-electron chi connectivity index (χ1n) is 10.4. The maximum atomic E-state index is 2.82. The lowest BCUT2D eigenvalue weighted by atomic mass is 9.47. The Hall–Kier alpha value is -1.59. The van der Waals surface area contributed by atoms with E-state index in [1.807, 2.05) is 0 Å². The third kappa shape index (κ3) is 2.47. The Morgan fingerprint density at radius 3 is 2.22 bits per heavy atom. The molecule has 27 heavy (non-hydrogen) atoms. The Morgan fingerprint density at radius 1 is 0.963 bits per heavy atom. The van der Waals surface area contributed by atoms with Crippen LogP contribution in [0.3, 0.4) is 0 Å². The lowest BCUT2D eigenvalue weighted by Crippen LogP contribution is -2.52. The van der Waals surface area contributed by atoms with Crippen LogP contribution in [-0.4, -0.2) is 17.0 Å². The van der Waals surface area contributed by atoms with Gasteiger partial charge >= 0.3 is 0 Å². The van der Waals surface area contributed by atoms with Crippen LogP contribution in [0.4, 0.5) is 0 Å². The summed E-state index contributed by atoms with van der Waals surface area (Å²) >= 11 is 0. The fourth-order valence-corrected chi connectivity index (χ4v) is 8.71. The lowest BCUT2D eigenvalue weighted by molar-refractivity contribution is -0.0248. The maximum absolute atomic E-state index is 2.82. The molecule has 3 saturated carbocycles. The molecule has 5 atom stereocenters. The third-order valence-corrected chi connectivity index (χ3v) is 10.3. The first kappa shape index (κ1) is 17.5. The van der Waals surface area contributed by atoms with Gasteiger partial charge in [0.25, 0.3) is 0 Å². The van der Waals surface area contributed by atoms with Gasteiger partial charge in [-0.1, -0.05) is 74.5 Å². The van der Waals surface area contributed by atoms with Crippen molar-refractivity contribution in [1.82, 2.24) is 4.67 Å². The molecule has 0 radical (unpaired) electrons. The average molecular weight is 375 g/mol. The molecule has 0 saturated heterocycles. The molecule has 2 heteroatoms. The van der Waals surface area contributed by atoms with E-state index in [2.05, 4.69) is 92.8 Å². The summed E-state index contributed by atoms with van der Waals surface area (Å²) in [5.41, 5.74) is 7.50. The minimum atomic E-state index is -0.190. The van der Waals surface area contributed by atoms with Crippen LogP contribution in [0.5, 0.6) is 0 Å². The van der Waals surface area contributed by atoms with E-state index in [9.17, 15) is 0 Å². The van der Waals surface area contributed by atoms with E-state index in [1.54, 1.807) is 11.3 Å². The summed E-state index contributed by atoms with van der Waals surface area (Å²) in [6.07, 6.45) is 2.81. The van der Waals surface area contributed by atoms with E-state index in [4.69, 9.17) is 0 Å². The van der Waals surface area contributed by atoms with Crippen molar-refractivity contribution in [1.29, 1.82) is 0 Å². The van der Waals surface area contributed by atoms with Crippen LogP contribution in [0.2, 0.25) is 0 Å². The van der Waals surface area contributed by atoms with E-state index >= 15 is 0 Å². The highest BCUT2D eigenvalue weighted by Crippen LogP contribution is 2.73. The third-order valence-electron chi connectivity index (χ3n) is 7.70. The fraction of sp³-hybridized carbons (Fsp3) is 0.440. The van der Waals surface area contributed by atoms with Gasteiger partial charge in [0.2, 0.25) is 0 Å². The summed E-state index contributed by atoms with van der Waals surface area (Å²) in [5, 5.41) is 0. The minimum Gasteiger partial charge on any atom is -0.343 e. The molecule has 6 rings (SSSR count). The summed E-state index contributed by atoms with van der Waals surface area (Å²) in [7, 11) is -0.190. The number of rotatable bonds is 3. The highest BCUT2D eigenvalue weighted by molar-refractivity contribution is 7.56. The first-order chi connectivity index (χ1) is 13.0. The zero-order valence-electron chi connectivity index (χ0n) is 16.9. The van der Waals surface area contributed by atoms with Crippen LogP contribution >= 0.6 is 8.07 Å².